The number of aliphatic hydroxyl groups excluding tert-OH is 3. The second-order valence-electron chi connectivity index (χ2n) is 6.73. The summed E-state index contributed by atoms with van der Waals surface area (Å²) in [5, 5.41) is 29.5. The molecule has 4 unspecified atom stereocenters. The third kappa shape index (κ3) is 3.83. The van der Waals surface area contributed by atoms with Crippen LogP contribution in [0.5, 0.6) is 11.5 Å². The molecule has 0 radical (unpaired) electrons. The van der Waals surface area contributed by atoms with Crippen molar-refractivity contribution in [3.63, 3.8) is 0 Å². The number of rotatable bonds is 4. The molecule has 1 aliphatic rings. The van der Waals surface area contributed by atoms with Crippen molar-refractivity contribution in [3.05, 3.63) is 58.8 Å². The highest BCUT2D eigenvalue weighted by molar-refractivity contribution is 5.80. The van der Waals surface area contributed by atoms with Crippen molar-refractivity contribution in [2.75, 3.05) is 13.7 Å². The van der Waals surface area contributed by atoms with Crippen molar-refractivity contribution >= 4 is 11.0 Å². The zero-order chi connectivity index (χ0) is 20.5. The Bertz CT molecular complexity index is 1060. The molecule has 0 saturated carbocycles. The lowest BCUT2D eigenvalue weighted by Crippen LogP contribution is -2.54. The summed E-state index contributed by atoms with van der Waals surface area (Å²) in [5.74, 6) is 1.38. The predicted octanol–water partition coefficient (Wildman–Crippen LogP) is 1.29. The maximum atomic E-state index is 12.6. The van der Waals surface area contributed by atoms with E-state index in [9.17, 15) is 20.1 Å². The maximum Gasteiger partial charge on any atom is 0.228 e. The molecule has 2 heterocycles. The number of hydrogen-bond acceptors (Lipinski definition) is 8. The molecular weight excluding hydrogens is 380 g/mol. The first-order valence-electron chi connectivity index (χ1n) is 9.01. The molecule has 3 N–H and O–H groups in total. The van der Waals surface area contributed by atoms with Gasteiger partial charge in [-0.1, -0.05) is 0 Å². The molecule has 152 valence electrons. The largest absolute Gasteiger partial charge is 0.497 e. The van der Waals surface area contributed by atoms with E-state index < -0.39 is 24.6 Å². The van der Waals surface area contributed by atoms with Crippen LogP contribution >= 0.6 is 0 Å². The first kappa shape index (κ1) is 19.4. The van der Waals surface area contributed by atoms with Crippen molar-refractivity contribution in [2.45, 2.75) is 24.6 Å². The number of methoxy groups -OCH3 is 1. The fraction of sp³-hybridized carbons (Fsp3) is 0.286. The second-order valence-corrected chi connectivity index (χ2v) is 6.73. The van der Waals surface area contributed by atoms with Gasteiger partial charge in [0.1, 0.15) is 41.2 Å². The first-order valence-corrected chi connectivity index (χ1v) is 9.01. The molecule has 0 bridgehead atoms. The highest BCUT2D eigenvalue weighted by atomic mass is 16.7. The Kier molecular flexibility index (Phi) is 5.25. The summed E-state index contributed by atoms with van der Waals surface area (Å²) in [4.78, 5) is 12.6. The molecule has 2 aromatic carbocycles. The molecule has 0 aliphatic carbocycles. The normalized spacial score (nSPS) is 24.4. The van der Waals surface area contributed by atoms with Gasteiger partial charge in [0, 0.05) is 11.6 Å². The van der Waals surface area contributed by atoms with Gasteiger partial charge in [0.25, 0.3) is 0 Å². The molecule has 29 heavy (non-hydrogen) atoms. The van der Waals surface area contributed by atoms with E-state index in [1.54, 1.807) is 43.5 Å². The molecule has 1 fully saturated rings. The van der Waals surface area contributed by atoms with E-state index in [-0.39, 0.29) is 17.8 Å². The zero-order valence-electron chi connectivity index (χ0n) is 15.5. The summed E-state index contributed by atoms with van der Waals surface area (Å²) in [6.07, 6.45) is -5.17. The van der Waals surface area contributed by atoms with Crippen LogP contribution < -0.4 is 14.9 Å². The molecule has 3 aromatic rings. The number of hydrogen-bond donors (Lipinski definition) is 3. The van der Waals surface area contributed by atoms with E-state index in [1.807, 2.05) is 0 Å². The summed E-state index contributed by atoms with van der Waals surface area (Å²) in [5.41, 5.74) is 0.843. The smallest absolute Gasteiger partial charge is 0.228 e. The average Bonchev–Trinajstić information content (AvgIpc) is 2.74. The van der Waals surface area contributed by atoms with E-state index in [2.05, 4.69) is 0 Å². The minimum Gasteiger partial charge on any atom is -0.497 e. The fourth-order valence-corrected chi connectivity index (χ4v) is 3.12. The topological polar surface area (TPSA) is 119 Å². The average molecular weight is 400 g/mol. The number of ether oxygens (including phenoxy) is 3. The van der Waals surface area contributed by atoms with Gasteiger partial charge in [-0.05, 0) is 42.5 Å². The third-order valence-electron chi connectivity index (χ3n) is 4.78. The van der Waals surface area contributed by atoms with Crippen LogP contribution in [0, 0.1) is 0 Å². The Balaban J connectivity index is 1.61. The highest BCUT2D eigenvalue weighted by Gasteiger charge is 2.39. The van der Waals surface area contributed by atoms with Gasteiger partial charge in [-0.15, -0.1) is 0 Å². The van der Waals surface area contributed by atoms with Gasteiger partial charge in [0.15, 0.2) is 5.43 Å². The van der Waals surface area contributed by atoms with E-state index in [1.165, 1.54) is 12.1 Å². The maximum absolute atomic E-state index is 12.6. The molecule has 4 rings (SSSR count). The van der Waals surface area contributed by atoms with Crippen molar-refractivity contribution < 1.29 is 33.9 Å². The van der Waals surface area contributed by atoms with Crippen LogP contribution in [-0.2, 0) is 4.74 Å². The van der Waals surface area contributed by atoms with E-state index in [0.717, 1.165) is 5.56 Å². The SMILES string of the molecule is COc1ccc(-c2cc(=O)c3cc(OC4OCC(O)C(O)C4O)ccc3o2)cc1. The second kappa shape index (κ2) is 7.84. The minimum atomic E-state index is -1.43. The Labute approximate surface area is 165 Å². The van der Waals surface area contributed by atoms with Crippen LogP contribution in [-0.4, -0.2) is 53.6 Å². The third-order valence-corrected chi connectivity index (χ3v) is 4.78. The predicted molar refractivity (Wildman–Crippen MR) is 103 cm³/mol. The molecule has 0 spiro atoms. The summed E-state index contributed by atoms with van der Waals surface area (Å²) in [7, 11) is 1.57. The van der Waals surface area contributed by atoms with Crippen molar-refractivity contribution in [1.29, 1.82) is 0 Å². The molecule has 4 atom stereocenters. The lowest BCUT2D eigenvalue weighted by molar-refractivity contribution is -0.242. The summed E-state index contributed by atoms with van der Waals surface area (Å²) in [6, 6.07) is 13.2. The van der Waals surface area contributed by atoms with Gasteiger partial charge in [-0.3, -0.25) is 4.79 Å². The number of benzene rings is 2. The summed E-state index contributed by atoms with van der Waals surface area (Å²) < 4.78 is 21.8. The van der Waals surface area contributed by atoms with Crippen molar-refractivity contribution in [3.8, 4) is 22.8 Å². The Morgan fingerprint density at radius 2 is 1.69 bits per heavy atom. The highest BCUT2D eigenvalue weighted by Crippen LogP contribution is 2.27. The number of aliphatic hydroxyl groups is 3. The van der Waals surface area contributed by atoms with Crippen LogP contribution in [0.4, 0.5) is 0 Å². The lowest BCUT2D eigenvalue weighted by Gasteiger charge is -2.34. The Morgan fingerprint density at radius 1 is 0.966 bits per heavy atom. The van der Waals surface area contributed by atoms with Crippen LogP contribution in [0.2, 0.25) is 0 Å². The number of fused-ring (bicyclic) bond motifs is 1. The van der Waals surface area contributed by atoms with Crippen LogP contribution in [0.1, 0.15) is 0 Å². The van der Waals surface area contributed by atoms with E-state index >= 15 is 0 Å². The van der Waals surface area contributed by atoms with Gasteiger partial charge < -0.3 is 33.9 Å². The first-order chi connectivity index (χ1) is 14.0. The van der Waals surface area contributed by atoms with E-state index in [4.69, 9.17) is 18.6 Å². The quantitative estimate of drug-likeness (QED) is 0.600. The van der Waals surface area contributed by atoms with Crippen LogP contribution in [0.15, 0.2) is 57.7 Å². The molecule has 8 nitrogen and oxygen atoms in total. The van der Waals surface area contributed by atoms with Crippen molar-refractivity contribution in [1.82, 2.24) is 0 Å². The van der Waals surface area contributed by atoms with Gasteiger partial charge in [0.05, 0.1) is 19.1 Å². The Hall–Kier alpha value is -2.91. The monoisotopic (exact) mass is 400 g/mol. The van der Waals surface area contributed by atoms with Crippen molar-refractivity contribution in [2.24, 2.45) is 0 Å². The van der Waals surface area contributed by atoms with E-state index in [0.29, 0.717) is 22.5 Å². The Morgan fingerprint density at radius 3 is 2.41 bits per heavy atom. The minimum absolute atomic E-state index is 0.177. The molecular formula is C21H20O8. The summed E-state index contributed by atoms with van der Waals surface area (Å²) >= 11 is 0. The molecule has 0 amide bonds. The standard InChI is InChI=1S/C21H20O8/c1-26-12-4-2-11(3-5-12)18-9-15(22)14-8-13(6-7-17(14)29-18)28-21-20(25)19(24)16(23)10-27-21/h2-9,16,19-21,23-25H,10H2,1H3. The summed E-state index contributed by atoms with van der Waals surface area (Å²) in [6.45, 7) is -0.177. The van der Waals surface area contributed by atoms with Gasteiger partial charge in [-0.25, -0.2) is 0 Å². The van der Waals surface area contributed by atoms with Crippen LogP contribution in [0.25, 0.3) is 22.3 Å². The van der Waals surface area contributed by atoms with Gasteiger partial charge >= 0.3 is 0 Å². The molecule has 1 aliphatic heterocycles. The molecule has 1 aromatic heterocycles. The van der Waals surface area contributed by atoms with Gasteiger partial charge in [-0.2, -0.15) is 0 Å². The molecule has 8 heteroatoms. The molecule has 1 saturated heterocycles. The van der Waals surface area contributed by atoms with Crippen LogP contribution in [0.3, 0.4) is 0 Å². The van der Waals surface area contributed by atoms with Gasteiger partial charge in [0.2, 0.25) is 6.29 Å². The zero-order valence-corrected chi connectivity index (χ0v) is 15.5. The lowest BCUT2D eigenvalue weighted by atomic mass is 10.1. The fourth-order valence-electron chi connectivity index (χ4n) is 3.12.